The minimum atomic E-state index is -0.806. The second-order valence-electron chi connectivity index (χ2n) is 11.5. The Bertz CT molecular complexity index is 1090. The van der Waals surface area contributed by atoms with Crippen LogP contribution in [0.3, 0.4) is 0 Å². The molecule has 1 N–H and O–H groups in total. The predicted octanol–water partition coefficient (Wildman–Crippen LogP) is 4.13. The largest absolute Gasteiger partial charge is 0.466 e. The number of aliphatic hydroxyl groups excluding tert-OH is 1. The fourth-order valence-electron chi connectivity index (χ4n) is 7.26. The van der Waals surface area contributed by atoms with Crippen LogP contribution in [0.4, 0.5) is 5.69 Å². The second-order valence-corrected chi connectivity index (χ2v) is 13.0. The molecule has 1 aromatic carbocycles. The van der Waals surface area contributed by atoms with Crippen molar-refractivity contribution in [1.29, 1.82) is 0 Å². The SMILES string of the molecule is C=CCN(C(=O)C1N([C@@H](CO)CC(C)C)C(=O)[C@@H]2[C@H](C(=O)OCC)[C@@H]3CC(C)C12S3)c1c(C)cccc1C. The van der Waals surface area contributed by atoms with Crippen LogP contribution in [0.15, 0.2) is 30.9 Å². The third kappa shape index (κ3) is 4.37. The topological polar surface area (TPSA) is 87.2 Å². The molecule has 7 atom stereocenters. The van der Waals surface area contributed by atoms with Crippen LogP contribution in [0.25, 0.3) is 0 Å². The number of carbonyl (C=O) groups excluding carboxylic acids is 3. The third-order valence-corrected chi connectivity index (χ3v) is 10.7. The van der Waals surface area contributed by atoms with E-state index in [2.05, 4.69) is 13.5 Å². The summed E-state index contributed by atoms with van der Waals surface area (Å²) in [6.07, 6.45) is 3.02. The van der Waals surface area contributed by atoms with E-state index in [0.717, 1.165) is 23.2 Å². The first-order valence-corrected chi connectivity index (χ1v) is 14.7. The van der Waals surface area contributed by atoms with Crippen LogP contribution in [0.1, 0.15) is 51.7 Å². The Morgan fingerprint density at radius 2 is 1.97 bits per heavy atom. The van der Waals surface area contributed by atoms with Gasteiger partial charge in [0.1, 0.15) is 6.04 Å². The number of amides is 2. The summed E-state index contributed by atoms with van der Waals surface area (Å²) in [6, 6.07) is 4.61. The summed E-state index contributed by atoms with van der Waals surface area (Å²) in [4.78, 5) is 45.9. The average Bonchev–Trinajstić information content (AvgIpc) is 3.45. The molecule has 38 heavy (non-hydrogen) atoms. The number of hydrogen-bond acceptors (Lipinski definition) is 6. The predicted molar refractivity (Wildman–Crippen MR) is 151 cm³/mol. The van der Waals surface area contributed by atoms with Gasteiger partial charge in [-0.3, -0.25) is 14.4 Å². The molecule has 2 amide bonds. The molecule has 208 valence electrons. The first-order chi connectivity index (χ1) is 18.0. The van der Waals surface area contributed by atoms with Crippen LogP contribution >= 0.6 is 11.8 Å². The van der Waals surface area contributed by atoms with Crippen LogP contribution in [-0.2, 0) is 19.1 Å². The van der Waals surface area contributed by atoms with Gasteiger partial charge in [0.2, 0.25) is 5.91 Å². The highest BCUT2D eigenvalue weighted by atomic mass is 32.2. The monoisotopic (exact) mass is 542 g/mol. The summed E-state index contributed by atoms with van der Waals surface area (Å²) < 4.78 is 4.69. The first-order valence-electron chi connectivity index (χ1n) is 13.8. The number of benzene rings is 1. The van der Waals surface area contributed by atoms with Gasteiger partial charge < -0.3 is 19.6 Å². The lowest BCUT2D eigenvalue weighted by molar-refractivity contribution is -0.154. The van der Waals surface area contributed by atoms with Crippen molar-refractivity contribution in [3.05, 3.63) is 42.0 Å². The fourth-order valence-corrected chi connectivity index (χ4v) is 9.65. The number of thioether (sulfide) groups is 1. The molecule has 8 heteroatoms. The lowest BCUT2D eigenvalue weighted by Gasteiger charge is -2.42. The van der Waals surface area contributed by atoms with Crippen LogP contribution in [-0.4, -0.2) is 69.6 Å². The zero-order valence-electron chi connectivity index (χ0n) is 23.5. The number of nitrogens with zero attached hydrogens (tertiary/aromatic N) is 2. The van der Waals surface area contributed by atoms with Crippen molar-refractivity contribution in [1.82, 2.24) is 4.90 Å². The Hall–Kier alpha value is -2.32. The molecule has 4 rings (SSSR count). The van der Waals surface area contributed by atoms with Gasteiger partial charge in [-0.1, -0.05) is 45.0 Å². The Kier molecular flexibility index (Phi) is 8.34. The molecule has 3 heterocycles. The maximum atomic E-state index is 14.8. The Balaban J connectivity index is 1.90. The maximum Gasteiger partial charge on any atom is 0.310 e. The van der Waals surface area contributed by atoms with Crippen molar-refractivity contribution in [2.45, 2.75) is 76.5 Å². The van der Waals surface area contributed by atoms with Gasteiger partial charge in [-0.05, 0) is 56.6 Å². The smallest absolute Gasteiger partial charge is 0.310 e. The quantitative estimate of drug-likeness (QED) is 0.353. The number of likely N-dealkylation sites (tertiary alicyclic amines) is 1. The number of anilines is 1. The molecule has 7 nitrogen and oxygen atoms in total. The maximum absolute atomic E-state index is 14.8. The van der Waals surface area contributed by atoms with E-state index in [0.29, 0.717) is 13.0 Å². The van der Waals surface area contributed by atoms with Gasteiger partial charge in [0.05, 0.1) is 35.8 Å². The molecule has 2 bridgehead atoms. The van der Waals surface area contributed by atoms with Crippen LogP contribution in [0, 0.1) is 37.5 Å². The van der Waals surface area contributed by atoms with E-state index in [4.69, 9.17) is 4.74 Å². The van der Waals surface area contributed by atoms with Crippen LogP contribution < -0.4 is 4.90 Å². The number of carbonyl (C=O) groups is 3. The molecule has 0 saturated carbocycles. The molecular weight excluding hydrogens is 500 g/mol. The number of hydrogen-bond donors (Lipinski definition) is 1. The van der Waals surface area contributed by atoms with Gasteiger partial charge in [0, 0.05) is 17.5 Å². The summed E-state index contributed by atoms with van der Waals surface area (Å²) in [5.41, 5.74) is 2.75. The number of aliphatic hydroxyl groups is 1. The second kappa shape index (κ2) is 11.0. The van der Waals surface area contributed by atoms with E-state index in [1.54, 1.807) is 34.6 Å². The molecule has 1 spiro atoms. The molecule has 3 saturated heterocycles. The number of esters is 1. The highest BCUT2D eigenvalue weighted by Gasteiger charge is 2.77. The minimum Gasteiger partial charge on any atom is -0.466 e. The molecule has 1 aromatic rings. The van der Waals surface area contributed by atoms with Gasteiger partial charge in [0.25, 0.3) is 5.91 Å². The molecule has 0 aromatic heterocycles. The summed E-state index contributed by atoms with van der Waals surface area (Å²) in [5, 5.41) is 10.5. The molecule has 3 aliphatic rings. The highest BCUT2D eigenvalue weighted by molar-refractivity contribution is 8.02. The van der Waals surface area contributed by atoms with Crippen molar-refractivity contribution in [2.75, 3.05) is 24.7 Å². The summed E-state index contributed by atoms with van der Waals surface area (Å²) >= 11 is 1.63. The minimum absolute atomic E-state index is 0.0398. The normalized spacial score (nSPS) is 30.5. The third-order valence-electron chi connectivity index (χ3n) is 8.61. The van der Waals surface area contributed by atoms with E-state index in [1.165, 1.54) is 0 Å². The van der Waals surface area contributed by atoms with Crippen molar-refractivity contribution in [3.63, 3.8) is 0 Å². The number of ether oxygens (including phenoxy) is 1. The summed E-state index contributed by atoms with van der Waals surface area (Å²) in [6.45, 7) is 16.1. The molecule has 3 unspecified atom stereocenters. The standard InChI is InChI=1S/C30H42N2O5S/c1-8-13-31(25-18(5)11-10-12-19(25)6)28(35)26-30-20(7)15-22(38-30)23(29(36)37-9-2)24(30)27(34)32(26)21(16-33)14-17(3)4/h8,10-12,17,20-24,26,33H,1,9,13-16H2,2-7H3/t20?,21-,22+,23-,24+,26?,30?/m1/s1. The Labute approximate surface area is 231 Å². The summed E-state index contributed by atoms with van der Waals surface area (Å²) in [7, 11) is 0. The first kappa shape index (κ1) is 28.7. The number of aryl methyl sites for hydroxylation is 2. The molecule has 3 aliphatic heterocycles. The summed E-state index contributed by atoms with van der Waals surface area (Å²) in [5.74, 6) is -1.73. The van der Waals surface area contributed by atoms with Crippen molar-refractivity contribution in [3.8, 4) is 0 Å². The average molecular weight is 543 g/mol. The van der Waals surface area contributed by atoms with Crippen LogP contribution in [0.5, 0.6) is 0 Å². The van der Waals surface area contributed by atoms with Gasteiger partial charge in [0.15, 0.2) is 0 Å². The number of rotatable bonds is 10. The fraction of sp³-hybridized carbons (Fsp3) is 0.633. The van der Waals surface area contributed by atoms with Gasteiger partial charge in [-0.25, -0.2) is 0 Å². The number of fused-ring (bicyclic) bond motifs is 1. The van der Waals surface area contributed by atoms with Gasteiger partial charge >= 0.3 is 5.97 Å². The Morgan fingerprint density at radius 3 is 2.53 bits per heavy atom. The molecule has 0 aliphatic carbocycles. The zero-order chi connectivity index (χ0) is 27.9. The van der Waals surface area contributed by atoms with Gasteiger partial charge in [-0.2, -0.15) is 0 Å². The van der Waals surface area contributed by atoms with E-state index in [9.17, 15) is 19.5 Å². The molecular formula is C30H42N2O5S. The van der Waals surface area contributed by atoms with Crippen LogP contribution in [0.2, 0.25) is 0 Å². The van der Waals surface area contributed by atoms with Crippen molar-refractivity contribution in [2.24, 2.45) is 23.7 Å². The molecule has 0 radical (unpaired) electrons. The lowest BCUT2D eigenvalue weighted by Crippen LogP contribution is -2.59. The highest BCUT2D eigenvalue weighted by Crippen LogP contribution is 2.69. The van der Waals surface area contributed by atoms with E-state index >= 15 is 0 Å². The molecule has 3 fully saturated rings. The lowest BCUT2D eigenvalue weighted by atomic mass is 9.66. The van der Waals surface area contributed by atoms with Crippen molar-refractivity contribution < 1.29 is 24.2 Å². The van der Waals surface area contributed by atoms with E-state index in [-0.39, 0.29) is 48.1 Å². The van der Waals surface area contributed by atoms with E-state index in [1.807, 2.05) is 45.9 Å². The Morgan fingerprint density at radius 1 is 1.32 bits per heavy atom. The van der Waals surface area contributed by atoms with E-state index < -0.39 is 28.7 Å². The zero-order valence-corrected chi connectivity index (χ0v) is 24.3. The van der Waals surface area contributed by atoms with Gasteiger partial charge in [-0.15, -0.1) is 18.3 Å². The number of para-hydroxylation sites is 1. The van der Waals surface area contributed by atoms with Crippen molar-refractivity contribution >= 4 is 35.2 Å².